The normalized spacial score (nSPS) is 17.0. The van der Waals surface area contributed by atoms with Crippen LogP contribution in [0.5, 0.6) is 5.75 Å². The van der Waals surface area contributed by atoms with Gasteiger partial charge in [0.15, 0.2) is 0 Å². The van der Waals surface area contributed by atoms with Crippen molar-refractivity contribution in [2.24, 2.45) is 0 Å². The average Bonchev–Trinajstić information content (AvgIpc) is 2.46. The Morgan fingerprint density at radius 2 is 2.00 bits per heavy atom. The summed E-state index contributed by atoms with van der Waals surface area (Å²) in [4.78, 5) is 13.3. The molecule has 118 valence electrons. The number of phenols is 1. The molecule has 1 aliphatic heterocycles. The summed E-state index contributed by atoms with van der Waals surface area (Å²) in [7, 11) is 0. The molecule has 1 aliphatic rings. The van der Waals surface area contributed by atoms with E-state index in [-0.39, 0.29) is 36.4 Å². The molecule has 1 saturated heterocycles. The van der Waals surface area contributed by atoms with Crippen molar-refractivity contribution in [3.63, 3.8) is 0 Å². The van der Waals surface area contributed by atoms with E-state index in [1.54, 1.807) is 6.07 Å². The molecule has 0 radical (unpaired) electrons. The SMILES string of the molecule is Cl.O=C(O)c1cc([C@H](CCO)N2CCNCC2)ccc1O. The fourth-order valence-electron chi connectivity index (χ4n) is 2.61. The highest BCUT2D eigenvalue weighted by molar-refractivity contribution is 5.90. The second kappa shape index (κ2) is 8.19. The molecule has 0 unspecified atom stereocenters. The Labute approximate surface area is 129 Å². The minimum atomic E-state index is -1.15. The van der Waals surface area contributed by atoms with E-state index in [0.29, 0.717) is 6.42 Å². The van der Waals surface area contributed by atoms with Crippen molar-refractivity contribution in [2.75, 3.05) is 32.8 Å². The summed E-state index contributed by atoms with van der Waals surface area (Å²) in [5.74, 6) is -1.38. The second-order valence-corrected chi connectivity index (χ2v) is 4.90. The Kier molecular flexibility index (Phi) is 6.91. The van der Waals surface area contributed by atoms with Gasteiger partial charge in [-0.3, -0.25) is 4.90 Å². The maximum atomic E-state index is 11.1. The van der Waals surface area contributed by atoms with Gasteiger partial charge in [-0.25, -0.2) is 4.79 Å². The Morgan fingerprint density at radius 1 is 1.33 bits per heavy atom. The first-order chi connectivity index (χ1) is 9.63. The molecule has 21 heavy (non-hydrogen) atoms. The minimum Gasteiger partial charge on any atom is -0.507 e. The van der Waals surface area contributed by atoms with E-state index < -0.39 is 5.97 Å². The first-order valence-corrected chi connectivity index (χ1v) is 6.75. The molecule has 0 aliphatic carbocycles. The quantitative estimate of drug-likeness (QED) is 0.643. The predicted molar refractivity (Wildman–Crippen MR) is 81.2 cm³/mol. The number of aromatic carboxylic acids is 1. The molecule has 4 N–H and O–H groups in total. The number of carboxylic acids is 1. The van der Waals surface area contributed by atoms with E-state index in [4.69, 9.17) is 5.11 Å². The lowest BCUT2D eigenvalue weighted by molar-refractivity contribution is 0.0693. The van der Waals surface area contributed by atoms with E-state index in [0.717, 1.165) is 31.7 Å². The lowest BCUT2D eigenvalue weighted by atomic mass is 9.98. The van der Waals surface area contributed by atoms with Crippen molar-refractivity contribution in [2.45, 2.75) is 12.5 Å². The van der Waals surface area contributed by atoms with Crippen LogP contribution in [-0.4, -0.2) is 59.0 Å². The first-order valence-electron chi connectivity index (χ1n) is 6.75. The molecule has 1 heterocycles. The number of hydrogen-bond donors (Lipinski definition) is 4. The van der Waals surface area contributed by atoms with Crippen LogP contribution in [0, 0.1) is 0 Å². The molecule has 7 heteroatoms. The number of aliphatic hydroxyl groups excluding tert-OH is 1. The van der Waals surface area contributed by atoms with Crippen molar-refractivity contribution in [1.29, 1.82) is 0 Å². The van der Waals surface area contributed by atoms with Gasteiger partial charge < -0.3 is 20.6 Å². The summed E-state index contributed by atoms with van der Waals surface area (Å²) in [6, 6.07) is 4.61. The molecule has 6 nitrogen and oxygen atoms in total. The van der Waals surface area contributed by atoms with Crippen LogP contribution in [0.1, 0.15) is 28.4 Å². The summed E-state index contributed by atoms with van der Waals surface area (Å²) in [6.45, 7) is 3.51. The topological polar surface area (TPSA) is 93.0 Å². The maximum absolute atomic E-state index is 11.1. The Balaban J connectivity index is 0.00000220. The molecule has 2 rings (SSSR count). The number of halogens is 1. The van der Waals surface area contributed by atoms with Gasteiger partial charge in [0.05, 0.1) is 0 Å². The van der Waals surface area contributed by atoms with Crippen molar-refractivity contribution >= 4 is 18.4 Å². The Bertz CT molecular complexity index is 478. The molecule has 1 aromatic carbocycles. The third-order valence-electron chi connectivity index (χ3n) is 3.63. The Morgan fingerprint density at radius 3 is 2.57 bits per heavy atom. The van der Waals surface area contributed by atoms with Crippen LogP contribution in [0.4, 0.5) is 0 Å². The number of rotatable bonds is 5. The molecule has 0 amide bonds. The van der Waals surface area contributed by atoms with Crippen LogP contribution < -0.4 is 5.32 Å². The van der Waals surface area contributed by atoms with Crippen LogP contribution in [0.15, 0.2) is 18.2 Å². The van der Waals surface area contributed by atoms with Gasteiger partial charge in [0.2, 0.25) is 0 Å². The maximum Gasteiger partial charge on any atom is 0.339 e. The third kappa shape index (κ3) is 4.31. The highest BCUT2D eigenvalue weighted by Gasteiger charge is 2.23. The fraction of sp³-hybridized carbons (Fsp3) is 0.500. The summed E-state index contributed by atoms with van der Waals surface area (Å²) >= 11 is 0. The minimum absolute atomic E-state index is 0. The first kappa shape index (κ1) is 17.7. The fourth-order valence-corrected chi connectivity index (χ4v) is 2.61. The number of nitrogens with zero attached hydrogens (tertiary/aromatic N) is 1. The van der Waals surface area contributed by atoms with Gasteiger partial charge in [-0.2, -0.15) is 0 Å². The van der Waals surface area contributed by atoms with Crippen molar-refractivity contribution < 1.29 is 20.1 Å². The number of hydrogen-bond acceptors (Lipinski definition) is 5. The van der Waals surface area contributed by atoms with Crippen LogP contribution in [-0.2, 0) is 0 Å². The van der Waals surface area contributed by atoms with Gasteiger partial charge in [-0.1, -0.05) is 6.07 Å². The zero-order valence-corrected chi connectivity index (χ0v) is 12.5. The van der Waals surface area contributed by atoms with Crippen LogP contribution in [0.2, 0.25) is 0 Å². The molecule has 1 atom stereocenters. The molecule has 0 spiro atoms. The second-order valence-electron chi connectivity index (χ2n) is 4.90. The summed E-state index contributed by atoms with van der Waals surface area (Å²) in [5, 5.41) is 31.2. The van der Waals surface area contributed by atoms with Gasteiger partial charge >= 0.3 is 5.97 Å². The summed E-state index contributed by atoms with van der Waals surface area (Å²) < 4.78 is 0. The van der Waals surface area contributed by atoms with Crippen molar-refractivity contribution in [1.82, 2.24) is 10.2 Å². The number of benzene rings is 1. The van der Waals surface area contributed by atoms with Gasteiger partial charge in [0.1, 0.15) is 11.3 Å². The molecule has 0 bridgehead atoms. The van der Waals surface area contributed by atoms with Crippen molar-refractivity contribution in [3.05, 3.63) is 29.3 Å². The van der Waals surface area contributed by atoms with E-state index in [2.05, 4.69) is 10.2 Å². The smallest absolute Gasteiger partial charge is 0.339 e. The van der Waals surface area contributed by atoms with Crippen LogP contribution in [0.25, 0.3) is 0 Å². The number of aromatic hydroxyl groups is 1. The number of piperazine rings is 1. The molecule has 0 aromatic heterocycles. The van der Waals surface area contributed by atoms with Gasteiger partial charge in [-0.05, 0) is 24.1 Å². The van der Waals surface area contributed by atoms with Gasteiger partial charge in [-0.15, -0.1) is 12.4 Å². The third-order valence-corrected chi connectivity index (χ3v) is 3.63. The summed E-state index contributed by atoms with van der Waals surface area (Å²) in [6.07, 6.45) is 0.545. The number of aliphatic hydroxyl groups is 1. The average molecular weight is 317 g/mol. The van der Waals surface area contributed by atoms with E-state index >= 15 is 0 Å². The van der Waals surface area contributed by atoms with E-state index in [1.807, 2.05) is 0 Å². The number of carbonyl (C=O) groups is 1. The lowest BCUT2D eigenvalue weighted by Gasteiger charge is -2.35. The highest BCUT2D eigenvalue weighted by Crippen LogP contribution is 2.28. The molecule has 0 saturated carbocycles. The standard InChI is InChI=1S/C14H20N2O4.ClH/c17-8-3-12(16-6-4-15-5-7-16)10-1-2-13(18)11(9-10)14(19)20;/h1-2,9,12,15,17-18H,3-8H2,(H,19,20);1H/t12-;/m0./s1. The number of nitrogens with one attached hydrogen (secondary N) is 1. The lowest BCUT2D eigenvalue weighted by Crippen LogP contribution is -2.45. The number of carboxylic acid groups (broad SMARTS) is 1. The largest absolute Gasteiger partial charge is 0.507 e. The molecule has 1 fully saturated rings. The Hall–Kier alpha value is -1.34. The monoisotopic (exact) mass is 316 g/mol. The van der Waals surface area contributed by atoms with Crippen LogP contribution in [0.3, 0.4) is 0 Å². The van der Waals surface area contributed by atoms with Crippen molar-refractivity contribution in [3.8, 4) is 5.75 Å². The van der Waals surface area contributed by atoms with Gasteiger partial charge in [0, 0.05) is 38.8 Å². The molecular formula is C14H21ClN2O4. The highest BCUT2D eigenvalue weighted by atomic mass is 35.5. The molecular weight excluding hydrogens is 296 g/mol. The zero-order valence-electron chi connectivity index (χ0n) is 11.7. The molecule has 1 aromatic rings. The van der Waals surface area contributed by atoms with Gasteiger partial charge in [0.25, 0.3) is 0 Å². The van der Waals surface area contributed by atoms with E-state index in [9.17, 15) is 15.0 Å². The predicted octanol–water partition coefficient (Wildman–Crippen LogP) is 0.841. The zero-order chi connectivity index (χ0) is 14.5. The summed E-state index contributed by atoms with van der Waals surface area (Å²) in [5.41, 5.74) is 0.719. The van der Waals surface area contributed by atoms with E-state index in [1.165, 1.54) is 12.1 Å². The van der Waals surface area contributed by atoms with Crippen LogP contribution >= 0.6 is 12.4 Å².